The van der Waals surface area contributed by atoms with Crippen LogP contribution in [0.25, 0.3) is 0 Å². The van der Waals surface area contributed by atoms with Gasteiger partial charge in [-0.15, -0.1) is 4.31 Å². The molecule has 1 atom stereocenters. The van der Waals surface area contributed by atoms with Gasteiger partial charge in [0, 0.05) is 25.5 Å². The van der Waals surface area contributed by atoms with Crippen LogP contribution >= 0.6 is 0 Å². The fourth-order valence-corrected chi connectivity index (χ4v) is 1.34. The molecule has 0 spiro atoms. The molecule has 0 aliphatic rings. The van der Waals surface area contributed by atoms with Crippen molar-refractivity contribution in [3.63, 3.8) is 0 Å². The zero-order chi connectivity index (χ0) is 8.36. The number of nitrogens with two attached hydrogens (primary N) is 1. The van der Waals surface area contributed by atoms with Gasteiger partial charge in [-0.05, 0) is 13.8 Å². The Morgan fingerprint density at radius 1 is 1.50 bits per heavy atom. The summed E-state index contributed by atoms with van der Waals surface area (Å²) in [6.07, 6.45) is 0. The molecule has 4 heteroatoms. The average molecular weight is 164 g/mol. The lowest BCUT2D eigenvalue weighted by Crippen LogP contribution is -2.43. The molecule has 0 amide bonds. The lowest BCUT2D eigenvalue weighted by Gasteiger charge is -2.23. The predicted molar refractivity (Wildman–Crippen MR) is 45.0 cm³/mol. The van der Waals surface area contributed by atoms with Gasteiger partial charge < -0.3 is 10.3 Å². The van der Waals surface area contributed by atoms with Crippen molar-refractivity contribution in [1.29, 1.82) is 0 Å². The lowest BCUT2D eigenvalue weighted by atomic mass is 10.1. The minimum atomic E-state index is -0.933. The zero-order valence-electron chi connectivity index (χ0n) is 7.05. The molecule has 0 saturated carbocycles. The Hall–Kier alpha value is 0.230. The Bertz CT molecular complexity index is 100. The van der Waals surface area contributed by atoms with Crippen molar-refractivity contribution in [2.45, 2.75) is 19.4 Å². The Balaban J connectivity index is 3.68. The fourth-order valence-electron chi connectivity index (χ4n) is 0.447. The molecule has 0 saturated heterocycles. The second kappa shape index (κ2) is 3.57. The van der Waals surface area contributed by atoms with Gasteiger partial charge in [0.1, 0.15) is 5.75 Å². The quantitative estimate of drug-likeness (QED) is 0.595. The monoisotopic (exact) mass is 164 g/mol. The van der Waals surface area contributed by atoms with E-state index in [0.29, 0.717) is 5.75 Å². The maximum absolute atomic E-state index is 11.1. The van der Waals surface area contributed by atoms with Crippen LogP contribution in [-0.2, 0) is 11.4 Å². The second-order valence-electron chi connectivity index (χ2n) is 3.27. The van der Waals surface area contributed by atoms with E-state index in [4.69, 9.17) is 5.73 Å². The molecule has 0 fully saturated rings. The third kappa shape index (κ3) is 5.05. The number of nitrogens with zero attached hydrogens (tertiary/aromatic N) is 1. The molecule has 0 bridgehead atoms. The maximum atomic E-state index is 11.1. The summed E-state index contributed by atoms with van der Waals surface area (Å²) in [6, 6.07) is 0. The predicted octanol–water partition coefficient (Wildman–Crippen LogP) is -0.0510. The normalized spacial score (nSPS) is 15.9. The van der Waals surface area contributed by atoms with Gasteiger partial charge in [0.2, 0.25) is 0 Å². The fraction of sp³-hybridized carbons (Fsp3) is 1.00. The van der Waals surface area contributed by atoms with Gasteiger partial charge in [-0.3, -0.25) is 0 Å². The summed E-state index contributed by atoms with van der Waals surface area (Å²) in [7, 11) is 3.56. The third-order valence-electron chi connectivity index (χ3n) is 0.903. The first kappa shape index (κ1) is 10.2. The highest BCUT2D eigenvalue weighted by molar-refractivity contribution is 7.89. The first-order valence-electron chi connectivity index (χ1n) is 3.17. The molecule has 0 heterocycles. The van der Waals surface area contributed by atoms with Crippen molar-refractivity contribution in [3.8, 4) is 0 Å². The standard InChI is InChI=1S/C6H16N2OS/c1-6(2,7)5-10(9)8(3)4/h5,7H2,1-4H3. The molecule has 0 aliphatic heterocycles. The number of hydrogen-bond acceptors (Lipinski definition) is 3. The Labute approximate surface area is 65.9 Å². The lowest BCUT2D eigenvalue weighted by molar-refractivity contribution is 0.491. The van der Waals surface area contributed by atoms with Gasteiger partial charge >= 0.3 is 0 Å². The largest absolute Gasteiger partial charge is 0.598 e. The third-order valence-corrected chi connectivity index (χ3v) is 2.71. The first-order valence-corrected chi connectivity index (χ1v) is 4.45. The summed E-state index contributed by atoms with van der Waals surface area (Å²) >= 11 is -0.933. The highest BCUT2D eigenvalue weighted by Gasteiger charge is 2.21. The van der Waals surface area contributed by atoms with E-state index in [1.165, 1.54) is 0 Å². The van der Waals surface area contributed by atoms with Gasteiger partial charge in [0.05, 0.1) is 5.54 Å². The van der Waals surface area contributed by atoms with E-state index >= 15 is 0 Å². The first-order chi connectivity index (χ1) is 4.33. The minimum absolute atomic E-state index is 0.338. The van der Waals surface area contributed by atoms with Crippen molar-refractivity contribution >= 4 is 11.4 Å². The molecule has 0 aromatic carbocycles. The second-order valence-corrected chi connectivity index (χ2v) is 4.93. The molecule has 0 aromatic rings. The minimum Gasteiger partial charge on any atom is -0.598 e. The van der Waals surface area contributed by atoms with Crippen LogP contribution in [0.2, 0.25) is 0 Å². The molecule has 0 rings (SSSR count). The average Bonchev–Trinajstić information content (AvgIpc) is 1.60. The molecule has 0 aromatic heterocycles. The van der Waals surface area contributed by atoms with Crippen LogP contribution in [0.15, 0.2) is 0 Å². The van der Waals surface area contributed by atoms with E-state index in [2.05, 4.69) is 0 Å². The topological polar surface area (TPSA) is 52.3 Å². The Kier molecular flexibility index (Phi) is 3.65. The smallest absolute Gasteiger partial charge is 0.143 e. The van der Waals surface area contributed by atoms with Crippen molar-refractivity contribution in [3.05, 3.63) is 0 Å². The van der Waals surface area contributed by atoms with E-state index in [1.54, 1.807) is 18.4 Å². The van der Waals surface area contributed by atoms with Crippen LogP contribution in [0.3, 0.4) is 0 Å². The van der Waals surface area contributed by atoms with Gasteiger partial charge in [-0.1, -0.05) is 0 Å². The van der Waals surface area contributed by atoms with Crippen molar-refractivity contribution in [2.75, 3.05) is 19.8 Å². The summed E-state index contributed by atoms with van der Waals surface area (Å²) < 4.78 is 12.8. The summed E-state index contributed by atoms with van der Waals surface area (Å²) in [5.41, 5.74) is 5.32. The van der Waals surface area contributed by atoms with E-state index in [0.717, 1.165) is 0 Å². The van der Waals surface area contributed by atoms with Gasteiger partial charge in [0.25, 0.3) is 0 Å². The van der Waals surface area contributed by atoms with Gasteiger partial charge in [0.15, 0.2) is 0 Å². The van der Waals surface area contributed by atoms with Crippen molar-refractivity contribution in [1.82, 2.24) is 4.31 Å². The van der Waals surface area contributed by atoms with Crippen LogP contribution in [0.5, 0.6) is 0 Å². The Morgan fingerprint density at radius 2 is 1.90 bits per heavy atom. The van der Waals surface area contributed by atoms with Crippen LogP contribution in [0.1, 0.15) is 13.8 Å². The zero-order valence-corrected chi connectivity index (χ0v) is 7.86. The molecular formula is C6H16N2OS. The van der Waals surface area contributed by atoms with E-state index in [9.17, 15) is 4.55 Å². The number of hydrogen-bond donors (Lipinski definition) is 1. The van der Waals surface area contributed by atoms with Crippen LogP contribution < -0.4 is 5.73 Å². The van der Waals surface area contributed by atoms with E-state index in [-0.39, 0.29) is 5.54 Å². The van der Waals surface area contributed by atoms with E-state index in [1.807, 2.05) is 13.8 Å². The molecule has 3 nitrogen and oxygen atoms in total. The van der Waals surface area contributed by atoms with Gasteiger partial charge in [-0.2, -0.15) is 0 Å². The maximum Gasteiger partial charge on any atom is 0.143 e. The van der Waals surface area contributed by atoms with Crippen LogP contribution in [0, 0.1) is 0 Å². The SMILES string of the molecule is CN(C)[S+]([O-])CC(C)(C)N. The molecule has 0 aliphatic carbocycles. The van der Waals surface area contributed by atoms with Crippen LogP contribution in [0.4, 0.5) is 0 Å². The molecule has 2 N–H and O–H groups in total. The highest BCUT2D eigenvalue weighted by atomic mass is 32.2. The molecular weight excluding hydrogens is 148 g/mol. The van der Waals surface area contributed by atoms with E-state index < -0.39 is 11.4 Å². The highest BCUT2D eigenvalue weighted by Crippen LogP contribution is 2.04. The summed E-state index contributed by atoms with van der Waals surface area (Å²) in [5.74, 6) is 0.514. The van der Waals surface area contributed by atoms with Crippen LogP contribution in [-0.4, -0.2) is 34.2 Å². The van der Waals surface area contributed by atoms with Gasteiger partial charge in [-0.25, -0.2) is 0 Å². The van der Waals surface area contributed by atoms with Crippen molar-refractivity contribution < 1.29 is 4.55 Å². The Morgan fingerprint density at radius 3 is 2.00 bits per heavy atom. The molecule has 0 radical (unpaired) electrons. The molecule has 1 unspecified atom stereocenters. The van der Waals surface area contributed by atoms with Crippen molar-refractivity contribution in [2.24, 2.45) is 5.73 Å². The molecule has 10 heavy (non-hydrogen) atoms. The molecule has 62 valence electrons. The summed E-state index contributed by atoms with van der Waals surface area (Å²) in [5, 5.41) is 0. The summed E-state index contributed by atoms with van der Waals surface area (Å²) in [4.78, 5) is 0. The number of rotatable bonds is 3. The summed E-state index contributed by atoms with van der Waals surface area (Å²) in [6.45, 7) is 3.74.